The highest BCUT2D eigenvalue weighted by Crippen LogP contribution is 2.28. The monoisotopic (exact) mass is 420 g/mol. The number of methoxy groups -OCH3 is 1. The highest BCUT2D eigenvalue weighted by molar-refractivity contribution is 5.88. The summed E-state index contributed by atoms with van der Waals surface area (Å²) < 4.78 is 8.92. The number of anilines is 2. The number of nitrogens with one attached hydrogen (secondary N) is 1. The summed E-state index contributed by atoms with van der Waals surface area (Å²) >= 11 is 0. The Hall–Kier alpha value is -3.50. The fourth-order valence-corrected chi connectivity index (χ4v) is 3.81. The standard InChI is InChI=1S/C21H24N8O2/c1-13-14(9-28-11-16(30)12-28)10-29(25-13)19-6-7-22-21(24-19)23-15-4-5-18-17(8-15)20(31-3)26-27(18)2/h4-8,10,16,30H,9,11-12H2,1-3H3,(H,22,23,24). The van der Waals surface area contributed by atoms with Crippen LogP contribution in [0.2, 0.25) is 0 Å². The van der Waals surface area contributed by atoms with Crippen LogP contribution in [0.4, 0.5) is 11.6 Å². The summed E-state index contributed by atoms with van der Waals surface area (Å²) in [6.45, 7) is 4.17. The number of benzene rings is 1. The minimum Gasteiger partial charge on any atom is -0.479 e. The van der Waals surface area contributed by atoms with Gasteiger partial charge in [-0.3, -0.25) is 9.58 Å². The Morgan fingerprint density at radius 3 is 2.84 bits per heavy atom. The van der Waals surface area contributed by atoms with Gasteiger partial charge in [-0.2, -0.15) is 10.1 Å². The van der Waals surface area contributed by atoms with Crippen molar-refractivity contribution in [2.75, 3.05) is 25.5 Å². The smallest absolute Gasteiger partial charge is 0.240 e. The SMILES string of the molecule is COc1nn(C)c2ccc(Nc3nccc(-n4cc(CN5CC(O)C5)c(C)n4)n3)cc12. The van der Waals surface area contributed by atoms with Crippen LogP contribution in [0.15, 0.2) is 36.7 Å². The predicted molar refractivity (Wildman–Crippen MR) is 116 cm³/mol. The van der Waals surface area contributed by atoms with Gasteiger partial charge in [0.15, 0.2) is 5.82 Å². The fraction of sp³-hybridized carbons (Fsp3) is 0.333. The Balaban J connectivity index is 1.38. The van der Waals surface area contributed by atoms with Crippen molar-refractivity contribution < 1.29 is 9.84 Å². The van der Waals surface area contributed by atoms with Crippen LogP contribution < -0.4 is 10.1 Å². The van der Waals surface area contributed by atoms with E-state index in [2.05, 4.69) is 30.4 Å². The minimum atomic E-state index is -0.211. The second-order valence-electron chi connectivity index (χ2n) is 7.76. The second-order valence-corrected chi connectivity index (χ2v) is 7.76. The van der Waals surface area contributed by atoms with E-state index in [9.17, 15) is 5.11 Å². The Morgan fingerprint density at radius 1 is 1.23 bits per heavy atom. The van der Waals surface area contributed by atoms with E-state index < -0.39 is 0 Å². The number of nitrogens with zero attached hydrogens (tertiary/aromatic N) is 7. The molecule has 0 aliphatic carbocycles. The first-order valence-corrected chi connectivity index (χ1v) is 10.1. The van der Waals surface area contributed by atoms with Gasteiger partial charge < -0.3 is 15.2 Å². The number of β-amino-alcohol motifs (C(OH)–C–C–N with tert-alkyl or cyclic N) is 1. The van der Waals surface area contributed by atoms with Gasteiger partial charge in [-0.25, -0.2) is 9.67 Å². The quantitative estimate of drug-likeness (QED) is 0.486. The molecule has 10 nitrogen and oxygen atoms in total. The van der Waals surface area contributed by atoms with Crippen LogP contribution in [0.25, 0.3) is 16.7 Å². The summed E-state index contributed by atoms with van der Waals surface area (Å²) in [5.41, 5.74) is 3.88. The van der Waals surface area contributed by atoms with E-state index in [1.807, 2.05) is 44.4 Å². The molecule has 0 bridgehead atoms. The lowest BCUT2D eigenvalue weighted by Gasteiger charge is -2.35. The van der Waals surface area contributed by atoms with E-state index in [-0.39, 0.29) is 6.10 Å². The number of aliphatic hydroxyl groups is 1. The summed E-state index contributed by atoms with van der Waals surface area (Å²) in [6.07, 6.45) is 3.48. The van der Waals surface area contributed by atoms with Crippen molar-refractivity contribution in [3.63, 3.8) is 0 Å². The third-order valence-electron chi connectivity index (χ3n) is 5.47. The Morgan fingerprint density at radius 2 is 2.06 bits per heavy atom. The maximum absolute atomic E-state index is 9.49. The maximum Gasteiger partial charge on any atom is 0.240 e. The first-order chi connectivity index (χ1) is 15.0. The molecule has 10 heteroatoms. The average Bonchev–Trinajstić information content (AvgIpc) is 3.26. The third kappa shape index (κ3) is 3.71. The van der Waals surface area contributed by atoms with Crippen molar-refractivity contribution in [2.24, 2.45) is 7.05 Å². The molecule has 160 valence electrons. The lowest BCUT2D eigenvalue weighted by Crippen LogP contribution is -2.49. The van der Waals surface area contributed by atoms with E-state index in [0.717, 1.165) is 34.4 Å². The summed E-state index contributed by atoms with van der Waals surface area (Å²) in [4.78, 5) is 11.2. The van der Waals surface area contributed by atoms with Gasteiger partial charge in [0, 0.05) is 56.4 Å². The van der Waals surface area contributed by atoms with Crippen LogP contribution in [-0.4, -0.2) is 65.8 Å². The highest BCUT2D eigenvalue weighted by Gasteiger charge is 2.25. The summed E-state index contributed by atoms with van der Waals surface area (Å²) in [6, 6.07) is 7.72. The van der Waals surface area contributed by atoms with Gasteiger partial charge in [0.25, 0.3) is 0 Å². The van der Waals surface area contributed by atoms with E-state index in [0.29, 0.717) is 30.7 Å². The zero-order valence-corrected chi connectivity index (χ0v) is 17.6. The molecule has 1 aliphatic heterocycles. The Kier molecular flexibility index (Phi) is 4.79. The van der Waals surface area contributed by atoms with Gasteiger partial charge in [-0.1, -0.05) is 0 Å². The summed E-state index contributed by atoms with van der Waals surface area (Å²) in [5, 5.41) is 22.6. The molecule has 1 fully saturated rings. The fourth-order valence-electron chi connectivity index (χ4n) is 3.81. The molecular weight excluding hydrogens is 396 g/mol. The van der Waals surface area contributed by atoms with Crippen LogP contribution in [0, 0.1) is 6.92 Å². The highest BCUT2D eigenvalue weighted by atomic mass is 16.5. The van der Waals surface area contributed by atoms with Crippen molar-refractivity contribution in [1.82, 2.24) is 34.4 Å². The van der Waals surface area contributed by atoms with Crippen molar-refractivity contribution in [1.29, 1.82) is 0 Å². The maximum atomic E-state index is 9.49. The number of likely N-dealkylation sites (tertiary alicyclic amines) is 1. The Labute approximate surface area is 179 Å². The van der Waals surface area contributed by atoms with Crippen molar-refractivity contribution >= 4 is 22.5 Å². The number of ether oxygens (including phenoxy) is 1. The van der Waals surface area contributed by atoms with E-state index in [1.165, 1.54) is 0 Å². The number of fused-ring (bicyclic) bond motifs is 1. The van der Waals surface area contributed by atoms with Crippen LogP contribution >= 0.6 is 0 Å². The number of aliphatic hydroxyl groups excluding tert-OH is 1. The number of aryl methyl sites for hydroxylation is 2. The topological polar surface area (TPSA) is 106 Å². The zero-order valence-electron chi connectivity index (χ0n) is 17.6. The molecule has 0 radical (unpaired) electrons. The average molecular weight is 420 g/mol. The zero-order chi connectivity index (χ0) is 21.5. The molecule has 2 N–H and O–H groups in total. The molecular formula is C21H24N8O2. The molecule has 1 aromatic carbocycles. The number of aromatic nitrogens is 6. The first-order valence-electron chi connectivity index (χ1n) is 10.1. The number of hydrogen-bond donors (Lipinski definition) is 2. The van der Waals surface area contributed by atoms with Gasteiger partial charge in [0.05, 0.1) is 29.8 Å². The molecule has 4 aromatic rings. The van der Waals surface area contributed by atoms with Crippen LogP contribution in [-0.2, 0) is 13.6 Å². The van der Waals surface area contributed by atoms with Gasteiger partial charge in [0.1, 0.15) is 0 Å². The summed E-state index contributed by atoms with van der Waals surface area (Å²) in [7, 11) is 3.49. The largest absolute Gasteiger partial charge is 0.479 e. The van der Waals surface area contributed by atoms with Gasteiger partial charge in [-0.15, -0.1) is 5.10 Å². The van der Waals surface area contributed by atoms with Gasteiger partial charge >= 0.3 is 0 Å². The lowest BCUT2D eigenvalue weighted by atomic mass is 10.1. The molecule has 31 heavy (non-hydrogen) atoms. The molecule has 5 rings (SSSR count). The van der Waals surface area contributed by atoms with Crippen molar-refractivity contribution in [2.45, 2.75) is 19.6 Å². The first kappa shape index (κ1) is 19.5. The molecule has 0 unspecified atom stereocenters. The van der Waals surface area contributed by atoms with Crippen LogP contribution in [0.1, 0.15) is 11.3 Å². The number of hydrogen-bond acceptors (Lipinski definition) is 8. The second kappa shape index (κ2) is 7.64. The number of rotatable bonds is 6. The molecule has 3 aromatic heterocycles. The molecule has 0 amide bonds. The minimum absolute atomic E-state index is 0.211. The molecule has 0 saturated carbocycles. The van der Waals surface area contributed by atoms with Gasteiger partial charge in [-0.05, 0) is 25.1 Å². The third-order valence-corrected chi connectivity index (χ3v) is 5.47. The molecule has 1 aliphatic rings. The molecule has 0 atom stereocenters. The summed E-state index contributed by atoms with van der Waals surface area (Å²) in [5.74, 6) is 1.72. The van der Waals surface area contributed by atoms with E-state index in [4.69, 9.17) is 4.74 Å². The van der Waals surface area contributed by atoms with Crippen LogP contribution in [0.3, 0.4) is 0 Å². The van der Waals surface area contributed by atoms with E-state index in [1.54, 1.807) is 22.7 Å². The predicted octanol–water partition coefficient (Wildman–Crippen LogP) is 1.79. The normalized spacial score (nSPS) is 14.7. The Bertz CT molecular complexity index is 1240. The van der Waals surface area contributed by atoms with Gasteiger partial charge in [0.2, 0.25) is 11.8 Å². The van der Waals surface area contributed by atoms with Crippen molar-refractivity contribution in [3.05, 3.63) is 47.9 Å². The molecule has 1 saturated heterocycles. The lowest BCUT2D eigenvalue weighted by molar-refractivity contribution is -0.00297. The van der Waals surface area contributed by atoms with Crippen LogP contribution in [0.5, 0.6) is 5.88 Å². The van der Waals surface area contributed by atoms with E-state index >= 15 is 0 Å². The molecule has 0 spiro atoms. The molecule has 4 heterocycles. The van der Waals surface area contributed by atoms with Crippen molar-refractivity contribution in [3.8, 4) is 11.7 Å².